The van der Waals surface area contributed by atoms with Crippen molar-refractivity contribution in [3.05, 3.63) is 52.7 Å². The fourth-order valence-corrected chi connectivity index (χ4v) is 3.64. The molecule has 1 aromatic heterocycles. The van der Waals surface area contributed by atoms with Crippen molar-refractivity contribution in [3.8, 4) is 5.75 Å². The number of ether oxygens (including phenoxy) is 2. The Morgan fingerprint density at radius 2 is 2.17 bits per heavy atom. The molecule has 0 spiro atoms. The first-order chi connectivity index (χ1) is 11.8. The van der Waals surface area contributed by atoms with Crippen molar-refractivity contribution in [2.45, 2.75) is 31.6 Å². The largest absolute Gasteiger partial charge is 0.491 e. The van der Waals surface area contributed by atoms with Crippen LogP contribution in [0.4, 0.5) is 0 Å². The van der Waals surface area contributed by atoms with Gasteiger partial charge in [0.15, 0.2) is 0 Å². The molecule has 0 radical (unpaired) electrons. The van der Waals surface area contributed by atoms with Crippen molar-refractivity contribution in [2.24, 2.45) is 0 Å². The van der Waals surface area contributed by atoms with E-state index in [9.17, 15) is 5.11 Å². The molecule has 24 heavy (non-hydrogen) atoms. The minimum absolute atomic E-state index is 0.283. The van der Waals surface area contributed by atoms with Crippen LogP contribution in [0.5, 0.6) is 5.75 Å². The molecule has 2 atom stereocenters. The van der Waals surface area contributed by atoms with E-state index in [2.05, 4.69) is 21.7 Å². The van der Waals surface area contributed by atoms with Crippen LogP contribution in [0.15, 0.2) is 47.2 Å². The zero-order valence-corrected chi connectivity index (χ0v) is 14.7. The summed E-state index contributed by atoms with van der Waals surface area (Å²) >= 11 is 1.71. The Hall–Kier alpha value is -1.40. The Bertz CT molecular complexity index is 570. The molecule has 2 aromatic rings. The van der Waals surface area contributed by atoms with E-state index in [0.29, 0.717) is 13.2 Å². The monoisotopic (exact) mass is 347 g/mol. The molecule has 4 nitrogen and oxygen atoms in total. The van der Waals surface area contributed by atoms with E-state index in [0.717, 1.165) is 38.3 Å². The van der Waals surface area contributed by atoms with Crippen molar-refractivity contribution in [1.29, 1.82) is 0 Å². The van der Waals surface area contributed by atoms with Gasteiger partial charge in [-0.1, -0.05) is 18.2 Å². The van der Waals surface area contributed by atoms with Crippen LogP contribution in [-0.2, 0) is 11.3 Å². The Kier molecular flexibility index (Phi) is 6.66. The third-order valence-corrected chi connectivity index (χ3v) is 4.86. The molecule has 0 unspecified atom stereocenters. The van der Waals surface area contributed by atoms with E-state index in [1.165, 1.54) is 5.56 Å². The maximum atomic E-state index is 10.4. The predicted octanol–water partition coefficient (Wildman–Crippen LogP) is 3.17. The molecule has 3 rings (SSSR count). The number of hydrogen-bond acceptors (Lipinski definition) is 5. The number of hydrogen-bond donors (Lipinski definition) is 1. The lowest BCUT2D eigenvalue weighted by Gasteiger charge is -2.27. The lowest BCUT2D eigenvalue weighted by Crippen LogP contribution is -2.39. The van der Waals surface area contributed by atoms with Crippen LogP contribution in [-0.4, -0.2) is 48.5 Å². The van der Waals surface area contributed by atoms with Gasteiger partial charge in [-0.15, -0.1) is 0 Å². The quantitative estimate of drug-likeness (QED) is 0.756. The molecule has 0 aliphatic carbocycles. The maximum Gasteiger partial charge on any atom is 0.119 e. The minimum atomic E-state index is -0.523. The smallest absolute Gasteiger partial charge is 0.119 e. The van der Waals surface area contributed by atoms with Gasteiger partial charge in [0.2, 0.25) is 0 Å². The van der Waals surface area contributed by atoms with Gasteiger partial charge >= 0.3 is 0 Å². The summed E-state index contributed by atoms with van der Waals surface area (Å²) in [6.07, 6.45) is 2.00. The second-order valence-corrected chi connectivity index (χ2v) is 7.02. The molecule has 1 saturated heterocycles. The molecule has 130 valence electrons. The number of aliphatic hydroxyl groups excluding tert-OH is 1. The minimum Gasteiger partial charge on any atom is -0.491 e. The first-order valence-electron chi connectivity index (χ1n) is 8.50. The molecule has 0 bridgehead atoms. The highest BCUT2D eigenvalue weighted by molar-refractivity contribution is 7.07. The molecule has 1 aliphatic rings. The number of thiophene rings is 1. The molecular formula is C19H25NO3S. The van der Waals surface area contributed by atoms with Crippen molar-refractivity contribution in [3.63, 3.8) is 0 Å². The van der Waals surface area contributed by atoms with Gasteiger partial charge in [-0.3, -0.25) is 4.90 Å². The Morgan fingerprint density at radius 3 is 2.88 bits per heavy atom. The van der Waals surface area contributed by atoms with E-state index >= 15 is 0 Å². The topological polar surface area (TPSA) is 41.9 Å². The summed E-state index contributed by atoms with van der Waals surface area (Å²) in [6.45, 7) is 3.44. The molecule has 1 fully saturated rings. The Morgan fingerprint density at radius 1 is 1.29 bits per heavy atom. The standard InChI is InChI=1S/C19H25NO3S/c21-17(14-23-18-5-2-1-3-6-18)12-20(11-16-8-10-24-15-16)13-19-7-4-9-22-19/h1-3,5-6,8,10,15,17,19,21H,4,7,9,11-14H2/t17-,19+/m0/s1. The van der Waals surface area contributed by atoms with E-state index in [1.807, 2.05) is 30.3 Å². The summed E-state index contributed by atoms with van der Waals surface area (Å²) in [5, 5.41) is 14.6. The van der Waals surface area contributed by atoms with E-state index in [1.54, 1.807) is 11.3 Å². The third kappa shape index (κ3) is 5.60. The lowest BCUT2D eigenvalue weighted by atomic mass is 10.2. The summed E-state index contributed by atoms with van der Waals surface area (Å²) in [5.74, 6) is 0.792. The number of rotatable bonds is 9. The van der Waals surface area contributed by atoms with Gasteiger partial charge in [-0.05, 0) is 47.4 Å². The summed E-state index contributed by atoms with van der Waals surface area (Å²) in [4.78, 5) is 2.27. The third-order valence-electron chi connectivity index (χ3n) is 4.13. The molecule has 2 heterocycles. The highest BCUT2D eigenvalue weighted by Gasteiger charge is 2.21. The Balaban J connectivity index is 1.51. The second-order valence-electron chi connectivity index (χ2n) is 6.24. The first kappa shape index (κ1) is 17.4. The molecule has 5 heteroatoms. The summed E-state index contributed by atoms with van der Waals surface area (Å²) in [6, 6.07) is 11.8. The zero-order valence-electron chi connectivity index (χ0n) is 13.8. The number of benzene rings is 1. The maximum absolute atomic E-state index is 10.4. The molecule has 1 aromatic carbocycles. The first-order valence-corrected chi connectivity index (χ1v) is 9.45. The van der Waals surface area contributed by atoms with Gasteiger partial charge < -0.3 is 14.6 Å². The van der Waals surface area contributed by atoms with Crippen LogP contribution in [0.2, 0.25) is 0 Å². The summed E-state index contributed by atoms with van der Waals surface area (Å²) < 4.78 is 11.4. The van der Waals surface area contributed by atoms with Crippen LogP contribution in [0.3, 0.4) is 0 Å². The van der Waals surface area contributed by atoms with Crippen molar-refractivity contribution >= 4 is 11.3 Å². The molecular weight excluding hydrogens is 322 g/mol. The summed E-state index contributed by atoms with van der Waals surface area (Å²) in [7, 11) is 0. The SMILES string of the molecule is O[C@H](COc1ccccc1)CN(Cc1ccsc1)C[C@H]1CCCO1. The highest BCUT2D eigenvalue weighted by atomic mass is 32.1. The molecule has 0 saturated carbocycles. The van der Waals surface area contributed by atoms with Crippen LogP contribution < -0.4 is 4.74 Å². The van der Waals surface area contributed by atoms with E-state index in [4.69, 9.17) is 9.47 Å². The fraction of sp³-hybridized carbons (Fsp3) is 0.474. The van der Waals surface area contributed by atoms with Crippen LogP contribution in [0.1, 0.15) is 18.4 Å². The zero-order chi connectivity index (χ0) is 16.6. The fourth-order valence-electron chi connectivity index (χ4n) is 2.98. The second kappa shape index (κ2) is 9.18. The van der Waals surface area contributed by atoms with Gasteiger partial charge in [0.25, 0.3) is 0 Å². The van der Waals surface area contributed by atoms with Gasteiger partial charge in [0.05, 0.1) is 6.10 Å². The molecule has 0 amide bonds. The number of aliphatic hydroxyl groups is 1. The van der Waals surface area contributed by atoms with Gasteiger partial charge in [0, 0.05) is 26.2 Å². The van der Waals surface area contributed by atoms with Gasteiger partial charge in [0.1, 0.15) is 18.5 Å². The number of nitrogens with zero attached hydrogens (tertiary/aromatic N) is 1. The Labute approximate surface area is 147 Å². The van der Waals surface area contributed by atoms with Crippen molar-refractivity contribution < 1.29 is 14.6 Å². The van der Waals surface area contributed by atoms with Gasteiger partial charge in [-0.2, -0.15) is 11.3 Å². The predicted molar refractivity (Wildman–Crippen MR) is 96.5 cm³/mol. The van der Waals surface area contributed by atoms with Crippen molar-refractivity contribution in [1.82, 2.24) is 4.90 Å². The normalized spacial score (nSPS) is 18.8. The lowest BCUT2D eigenvalue weighted by molar-refractivity contribution is 0.0314. The highest BCUT2D eigenvalue weighted by Crippen LogP contribution is 2.17. The van der Waals surface area contributed by atoms with Gasteiger partial charge in [-0.25, -0.2) is 0 Å². The van der Waals surface area contributed by atoms with E-state index < -0.39 is 6.10 Å². The van der Waals surface area contributed by atoms with Crippen LogP contribution in [0.25, 0.3) is 0 Å². The van der Waals surface area contributed by atoms with Crippen LogP contribution >= 0.6 is 11.3 Å². The van der Waals surface area contributed by atoms with Crippen LogP contribution in [0, 0.1) is 0 Å². The average molecular weight is 347 g/mol. The average Bonchev–Trinajstić information content (AvgIpc) is 3.28. The molecule has 1 aliphatic heterocycles. The van der Waals surface area contributed by atoms with Crippen molar-refractivity contribution in [2.75, 3.05) is 26.3 Å². The molecule has 1 N–H and O–H groups in total. The summed E-state index contributed by atoms with van der Waals surface area (Å²) in [5.41, 5.74) is 1.29. The number of para-hydroxylation sites is 1. The van der Waals surface area contributed by atoms with E-state index in [-0.39, 0.29) is 6.10 Å².